The molecule has 1 aromatic carbocycles. The average molecular weight is 383 g/mol. The van der Waals surface area contributed by atoms with E-state index in [2.05, 4.69) is 15.0 Å². The highest BCUT2D eigenvalue weighted by atomic mass is 35.5. The summed E-state index contributed by atoms with van der Waals surface area (Å²) >= 11 is 6.30. The van der Waals surface area contributed by atoms with Gasteiger partial charge in [-0.15, -0.1) is 0 Å². The van der Waals surface area contributed by atoms with Crippen molar-refractivity contribution >= 4 is 23.2 Å². The summed E-state index contributed by atoms with van der Waals surface area (Å²) in [6.45, 7) is 4.55. The summed E-state index contributed by atoms with van der Waals surface area (Å²) < 4.78 is 5.33. The molecule has 0 unspecified atom stereocenters. The maximum Gasteiger partial charge on any atom is 0.259 e. The molecule has 1 aliphatic heterocycles. The molecule has 1 aliphatic rings. The van der Waals surface area contributed by atoms with Gasteiger partial charge in [0.25, 0.3) is 5.91 Å². The van der Waals surface area contributed by atoms with Crippen LogP contribution >= 0.6 is 11.6 Å². The van der Waals surface area contributed by atoms with Crippen LogP contribution in [0.3, 0.4) is 0 Å². The van der Waals surface area contributed by atoms with E-state index in [0.717, 1.165) is 18.8 Å². The van der Waals surface area contributed by atoms with Crippen molar-refractivity contribution in [1.29, 1.82) is 0 Å². The molecule has 6 nitrogen and oxygen atoms in total. The number of nitrogens with zero attached hydrogens (tertiary/aromatic N) is 4. The van der Waals surface area contributed by atoms with Crippen molar-refractivity contribution in [2.45, 2.75) is 6.92 Å². The quantitative estimate of drug-likeness (QED) is 0.691. The number of aromatic nitrogens is 2. The molecule has 1 fully saturated rings. The Labute approximate surface area is 162 Å². The van der Waals surface area contributed by atoms with Crippen molar-refractivity contribution in [2.75, 3.05) is 31.1 Å². The number of benzene rings is 1. The van der Waals surface area contributed by atoms with Gasteiger partial charge in [0.1, 0.15) is 17.0 Å². The number of carbonyl (C=O) groups excluding carboxylic acids is 1. The fraction of sp³-hybridized carbons (Fsp3) is 0.250. The Morgan fingerprint density at radius 1 is 1.07 bits per heavy atom. The normalized spacial score (nSPS) is 14.4. The van der Waals surface area contributed by atoms with Gasteiger partial charge in [-0.05, 0) is 25.1 Å². The minimum absolute atomic E-state index is 0.0713. The van der Waals surface area contributed by atoms with Crippen molar-refractivity contribution in [3.8, 4) is 11.3 Å². The molecule has 138 valence electrons. The number of carbonyl (C=O) groups is 1. The van der Waals surface area contributed by atoms with E-state index in [4.69, 9.17) is 16.1 Å². The Morgan fingerprint density at radius 2 is 1.78 bits per heavy atom. The molecule has 3 heterocycles. The summed E-state index contributed by atoms with van der Waals surface area (Å²) in [4.78, 5) is 21.3. The Bertz CT molecular complexity index is 950. The zero-order chi connectivity index (χ0) is 18.8. The highest BCUT2D eigenvalue weighted by Crippen LogP contribution is 2.32. The van der Waals surface area contributed by atoms with Crippen LogP contribution in [0, 0.1) is 6.92 Å². The lowest BCUT2D eigenvalue weighted by molar-refractivity contribution is 0.0745. The number of amides is 1. The predicted octanol–water partition coefficient (Wildman–Crippen LogP) is 3.66. The molecule has 2 aromatic heterocycles. The third kappa shape index (κ3) is 3.40. The predicted molar refractivity (Wildman–Crippen MR) is 104 cm³/mol. The van der Waals surface area contributed by atoms with Crippen molar-refractivity contribution < 1.29 is 9.32 Å². The Hall–Kier alpha value is -2.86. The van der Waals surface area contributed by atoms with E-state index in [9.17, 15) is 4.79 Å². The molecule has 0 radical (unpaired) electrons. The van der Waals surface area contributed by atoms with Gasteiger partial charge in [-0.2, -0.15) is 0 Å². The first kappa shape index (κ1) is 17.5. The molecule has 1 saturated heterocycles. The van der Waals surface area contributed by atoms with Gasteiger partial charge in [-0.25, -0.2) is 0 Å². The van der Waals surface area contributed by atoms with Gasteiger partial charge in [0.15, 0.2) is 0 Å². The molecule has 0 N–H and O–H groups in total. The minimum atomic E-state index is -0.0713. The van der Waals surface area contributed by atoms with Crippen LogP contribution in [0.2, 0.25) is 5.02 Å². The summed E-state index contributed by atoms with van der Waals surface area (Å²) in [5, 5.41) is 4.64. The fourth-order valence-corrected chi connectivity index (χ4v) is 3.57. The lowest BCUT2D eigenvalue weighted by atomic mass is 10.0. The maximum atomic E-state index is 13.2. The van der Waals surface area contributed by atoms with Crippen molar-refractivity contribution in [3.63, 3.8) is 0 Å². The summed E-state index contributed by atoms with van der Waals surface area (Å²) in [7, 11) is 0. The van der Waals surface area contributed by atoms with Gasteiger partial charge in [-0.1, -0.05) is 35.0 Å². The highest BCUT2D eigenvalue weighted by Gasteiger charge is 2.29. The zero-order valence-corrected chi connectivity index (χ0v) is 15.7. The number of piperazine rings is 1. The smallest absolute Gasteiger partial charge is 0.259 e. The Balaban J connectivity index is 1.55. The average Bonchev–Trinajstić information content (AvgIpc) is 3.10. The number of halogens is 1. The third-order valence-electron chi connectivity index (χ3n) is 4.80. The molecule has 27 heavy (non-hydrogen) atoms. The first-order valence-electron chi connectivity index (χ1n) is 8.80. The van der Waals surface area contributed by atoms with E-state index >= 15 is 0 Å². The number of rotatable bonds is 3. The van der Waals surface area contributed by atoms with E-state index < -0.39 is 0 Å². The largest absolute Gasteiger partial charge is 0.368 e. The van der Waals surface area contributed by atoms with E-state index in [1.807, 2.05) is 35.2 Å². The summed E-state index contributed by atoms with van der Waals surface area (Å²) in [6, 6.07) is 11.3. The minimum Gasteiger partial charge on any atom is -0.368 e. The highest BCUT2D eigenvalue weighted by molar-refractivity contribution is 6.33. The van der Waals surface area contributed by atoms with Gasteiger partial charge in [0.2, 0.25) is 0 Å². The summed E-state index contributed by atoms with van der Waals surface area (Å²) in [5.41, 5.74) is 2.81. The summed E-state index contributed by atoms with van der Waals surface area (Å²) in [5.74, 6) is 0.435. The van der Waals surface area contributed by atoms with Crippen molar-refractivity contribution in [3.05, 3.63) is 65.1 Å². The van der Waals surface area contributed by atoms with Crippen LogP contribution in [-0.2, 0) is 0 Å². The van der Waals surface area contributed by atoms with E-state index in [0.29, 0.717) is 40.7 Å². The monoisotopic (exact) mass is 382 g/mol. The second-order valence-electron chi connectivity index (χ2n) is 6.43. The number of pyridine rings is 1. The Kier molecular flexibility index (Phi) is 4.81. The molecule has 0 spiro atoms. The van der Waals surface area contributed by atoms with Gasteiger partial charge in [-0.3, -0.25) is 9.78 Å². The summed E-state index contributed by atoms with van der Waals surface area (Å²) in [6.07, 6.45) is 3.56. The van der Waals surface area contributed by atoms with Crippen LogP contribution in [0.25, 0.3) is 11.3 Å². The second-order valence-corrected chi connectivity index (χ2v) is 6.83. The lowest BCUT2D eigenvalue weighted by Crippen LogP contribution is -2.49. The lowest BCUT2D eigenvalue weighted by Gasteiger charge is -2.36. The molecule has 0 bridgehead atoms. The molecular formula is C20H19ClN4O2. The third-order valence-corrected chi connectivity index (χ3v) is 5.13. The van der Waals surface area contributed by atoms with Gasteiger partial charge >= 0.3 is 0 Å². The van der Waals surface area contributed by atoms with Crippen LogP contribution in [0.5, 0.6) is 0 Å². The van der Waals surface area contributed by atoms with Crippen LogP contribution in [0.1, 0.15) is 16.1 Å². The van der Waals surface area contributed by atoms with Crippen LogP contribution in [0.4, 0.5) is 5.69 Å². The number of hydrogen-bond donors (Lipinski definition) is 0. The molecule has 0 atom stereocenters. The van der Waals surface area contributed by atoms with Gasteiger partial charge < -0.3 is 14.3 Å². The number of anilines is 1. The number of aryl methyl sites for hydroxylation is 1. The molecule has 1 amide bonds. The van der Waals surface area contributed by atoms with Crippen molar-refractivity contribution in [2.24, 2.45) is 0 Å². The first-order chi connectivity index (χ1) is 13.1. The van der Waals surface area contributed by atoms with Crippen LogP contribution in [0.15, 0.2) is 53.3 Å². The topological polar surface area (TPSA) is 62.5 Å². The van der Waals surface area contributed by atoms with E-state index in [-0.39, 0.29) is 5.91 Å². The molecule has 4 rings (SSSR count). The second kappa shape index (κ2) is 7.40. The maximum absolute atomic E-state index is 13.2. The van der Waals surface area contributed by atoms with Gasteiger partial charge in [0.05, 0.1) is 5.02 Å². The molecule has 0 saturated carbocycles. The number of hydrogen-bond acceptors (Lipinski definition) is 5. The SMILES string of the molecule is Cc1onc(-c2ccccc2Cl)c1C(=O)N1CCN(c2ccncc2)CC1. The van der Waals surface area contributed by atoms with E-state index in [1.165, 1.54) is 0 Å². The fourth-order valence-electron chi connectivity index (χ4n) is 3.34. The Morgan fingerprint density at radius 3 is 2.48 bits per heavy atom. The molecule has 3 aromatic rings. The van der Waals surface area contributed by atoms with Crippen LogP contribution < -0.4 is 4.90 Å². The molecule has 0 aliphatic carbocycles. The zero-order valence-electron chi connectivity index (χ0n) is 14.9. The standard InChI is InChI=1S/C20H19ClN4O2/c1-14-18(19(23-27-14)16-4-2-3-5-17(16)21)20(26)25-12-10-24(11-13-25)15-6-8-22-9-7-15/h2-9H,10-13H2,1H3. The van der Waals surface area contributed by atoms with Crippen molar-refractivity contribution in [1.82, 2.24) is 15.0 Å². The van der Waals surface area contributed by atoms with Crippen LogP contribution in [-0.4, -0.2) is 47.1 Å². The molecule has 7 heteroatoms. The first-order valence-corrected chi connectivity index (χ1v) is 9.18. The van der Waals surface area contributed by atoms with E-state index in [1.54, 1.807) is 25.4 Å². The molecular weight excluding hydrogens is 364 g/mol. The van der Waals surface area contributed by atoms with Gasteiger partial charge in [0, 0.05) is 49.8 Å².